The Labute approximate surface area is 200 Å². The summed E-state index contributed by atoms with van der Waals surface area (Å²) in [5.41, 5.74) is 4.62. The summed E-state index contributed by atoms with van der Waals surface area (Å²) < 4.78 is 17.6. The Bertz CT molecular complexity index is 1100. The number of benzene rings is 3. The zero-order valence-electron chi connectivity index (χ0n) is 17.6. The average molecular weight is 518 g/mol. The van der Waals surface area contributed by atoms with Gasteiger partial charge in [0.25, 0.3) is 5.91 Å². The number of carbonyl (C=O) groups is 1. The van der Waals surface area contributed by atoms with E-state index in [1.807, 2.05) is 49.4 Å². The molecule has 166 valence electrons. The molecule has 0 atom stereocenters. The summed E-state index contributed by atoms with van der Waals surface area (Å²) in [6, 6.07) is 17.9. The van der Waals surface area contributed by atoms with Gasteiger partial charge in [-0.05, 0) is 61.0 Å². The topological polar surface area (TPSA) is 69.2 Å². The van der Waals surface area contributed by atoms with Crippen LogP contribution in [0.1, 0.15) is 28.4 Å². The van der Waals surface area contributed by atoms with Crippen molar-refractivity contribution in [2.45, 2.75) is 13.5 Å². The van der Waals surface area contributed by atoms with E-state index in [1.54, 1.807) is 25.3 Å². The number of amides is 1. The SMILES string of the molecule is CCOc1cc(C(=O)N/N=C/c2cc(Br)ccc2OCc2ccc(Cl)cc2)ccc1OC. The van der Waals surface area contributed by atoms with Gasteiger partial charge in [0.2, 0.25) is 0 Å². The first-order valence-electron chi connectivity index (χ1n) is 9.81. The van der Waals surface area contributed by atoms with E-state index in [1.165, 1.54) is 6.21 Å². The molecular weight excluding hydrogens is 496 g/mol. The van der Waals surface area contributed by atoms with E-state index in [2.05, 4.69) is 26.5 Å². The summed E-state index contributed by atoms with van der Waals surface area (Å²) in [4.78, 5) is 12.5. The number of nitrogens with one attached hydrogen (secondary N) is 1. The van der Waals surface area contributed by atoms with Gasteiger partial charge >= 0.3 is 0 Å². The molecule has 0 aliphatic rings. The zero-order valence-corrected chi connectivity index (χ0v) is 19.9. The van der Waals surface area contributed by atoms with Crippen LogP contribution in [0.5, 0.6) is 17.2 Å². The number of hydrogen-bond acceptors (Lipinski definition) is 5. The zero-order chi connectivity index (χ0) is 22.9. The van der Waals surface area contributed by atoms with Gasteiger partial charge in [-0.2, -0.15) is 5.10 Å². The first kappa shape index (κ1) is 23.6. The van der Waals surface area contributed by atoms with Crippen LogP contribution in [0, 0.1) is 0 Å². The third kappa shape index (κ3) is 6.48. The largest absolute Gasteiger partial charge is 0.493 e. The van der Waals surface area contributed by atoms with E-state index in [0.29, 0.717) is 46.6 Å². The molecule has 6 nitrogen and oxygen atoms in total. The number of ether oxygens (including phenoxy) is 3. The van der Waals surface area contributed by atoms with Crippen LogP contribution in [-0.2, 0) is 6.61 Å². The van der Waals surface area contributed by atoms with Crippen molar-refractivity contribution in [3.05, 3.63) is 86.8 Å². The Morgan fingerprint density at radius 3 is 2.50 bits per heavy atom. The smallest absolute Gasteiger partial charge is 0.271 e. The molecule has 8 heteroatoms. The van der Waals surface area contributed by atoms with Crippen LogP contribution in [0.15, 0.2) is 70.2 Å². The summed E-state index contributed by atoms with van der Waals surface area (Å²) in [5, 5.41) is 4.76. The van der Waals surface area contributed by atoms with Crippen LogP contribution in [0.4, 0.5) is 0 Å². The van der Waals surface area contributed by atoms with E-state index < -0.39 is 0 Å². The molecule has 3 aromatic rings. The van der Waals surface area contributed by atoms with Gasteiger partial charge in [-0.25, -0.2) is 5.43 Å². The molecule has 0 heterocycles. The Morgan fingerprint density at radius 2 is 1.78 bits per heavy atom. The molecule has 1 N–H and O–H groups in total. The minimum absolute atomic E-state index is 0.372. The highest BCUT2D eigenvalue weighted by molar-refractivity contribution is 9.10. The number of hydrazone groups is 1. The fourth-order valence-corrected chi connectivity index (χ4v) is 3.31. The highest BCUT2D eigenvalue weighted by atomic mass is 79.9. The quantitative estimate of drug-likeness (QED) is 0.285. The average Bonchev–Trinajstić information content (AvgIpc) is 2.79. The molecule has 0 unspecified atom stereocenters. The van der Waals surface area contributed by atoms with E-state index >= 15 is 0 Å². The Kier molecular flexibility index (Phi) is 8.53. The lowest BCUT2D eigenvalue weighted by Crippen LogP contribution is -2.17. The van der Waals surface area contributed by atoms with E-state index in [-0.39, 0.29) is 5.91 Å². The Hall–Kier alpha value is -3.03. The minimum atomic E-state index is -0.372. The van der Waals surface area contributed by atoms with Gasteiger partial charge in [-0.1, -0.05) is 39.7 Å². The van der Waals surface area contributed by atoms with Crippen molar-refractivity contribution in [1.82, 2.24) is 5.43 Å². The van der Waals surface area contributed by atoms with Crippen molar-refractivity contribution in [2.24, 2.45) is 5.10 Å². The summed E-state index contributed by atoms with van der Waals surface area (Å²) >= 11 is 9.38. The van der Waals surface area contributed by atoms with Crippen LogP contribution >= 0.6 is 27.5 Å². The van der Waals surface area contributed by atoms with Gasteiger partial charge in [0.15, 0.2) is 11.5 Å². The van der Waals surface area contributed by atoms with Crippen LogP contribution in [0.2, 0.25) is 5.02 Å². The molecule has 0 fully saturated rings. The van der Waals surface area contributed by atoms with Crippen molar-refractivity contribution in [3.63, 3.8) is 0 Å². The first-order valence-corrected chi connectivity index (χ1v) is 11.0. The maximum absolute atomic E-state index is 12.5. The summed E-state index contributed by atoms with van der Waals surface area (Å²) in [6.45, 7) is 2.69. The second-order valence-electron chi connectivity index (χ2n) is 6.60. The van der Waals surface area contributed by atoms with Crippen molar-refractivity contribution in [1.29, 1.82) is 0 Å². The second-order valence-corrected chi connectivity index (χ2v) is 7.95. The van der Waals surface area contributed by atoms with Crippen molar-refractivity contribution in [2.75, 3.05) is 13.7 Å². The lowest BCUT2D eigenvalue weighted by atomic mass is 10.2. The van der Waals surface area contributed by atoms with Crippen LogP contribution < -0.4 is 19.6 Å². The molecule has 0 aliphatic heterocycles. The van der Waals surface area contributed by atoms with Gasteiger partial charge in [-0.15, -0.1) is 0 Å². The van der Waals surface area contributed by atoms with Crippen LogP contribution in [0.25, 0.3) is 0 Å². The van der Waals surface area contributed by atoms with Gasteiger partial charge in [0, 0.05) is 20.6 Å². The van der Waals surface area contributed by atoms with Crippen LogP contribution in [0.3, 0.4) is 0 Å². The van der Waals surface area contributed by atoms with Gasteiger partial charge < -0.3 is 14.2 Å². The molecule has 0 aliphatic carbocycles. The van der Waals surface area contributed by atoms with E-state index in [9.17, 15) is 4.79 Å². The van der Waals surface area contributed by atoms with Crippen LogP contribution in [-0.4, -0.2) is 25.8 Å². The van der Waals surface area contributed by atoms with Gasteiger partial charge in [0.05, 0.1) is 19.9 Å². The fourth-order valence-electron chi connectivity index (χ4n) is 2.80. The monoisotopic (exact) mass is 516 g/mol. The fraction of sp³-hybridized carbons (Fsp3) is 0.167. The highest BCUT2D eigenvalue weighted by Crippen LogP contribution is 2.28. The number of methoxy groups -OCH3 is 1. The van der Waals surface area contributed by atoms with E-state index in [4.69, 9.17) is 25.8 Å². The molecule has 3 rings (SSSR count). The second kappa shape index (κ2) is 11.5. The third-order valence-corrected chi connectivity index (χ3v) is 5.12. The predicted molar refractivity (Wildman–Crippen MR) is 129 cm³/mol. The van der Waals surface area contributed by atoms with Gasteiger partial charge in [-0.3, -0.25) is 4.79 Å². The molecule has 1 amide bonds. The molecule has 0 aromatic heterocycles. The number of halogens is 2. The number of nitrogens with zero attached hydrogens (tertiary/aromatic N) is 1. The molecule has 3 aromatic carbocycles. The third-order valence-electron chi connectivity index (χ3n) is 4.37. The van der Waals surface area contributed by atoms with Gasteiger partial charge in [0.1, 0.15) is 12.4 Å². The summed E-state index contributed by atoms with van der Waals surface area (Å²) in [7, 11) is 1.55. The Balaban J connectivity index is 1.69. The summed E-state index contributed by atoms with van der Waals surface area (Å²) in [5.74, 6) is 1.31. The molecule has 0 spiro atoms. The van der Waals surface area contributed by atoms with Crippen molar-refractivity contribution >= 4 is 39.7 Å². The normalized spacial score (nSPS) is 10.8. The minimum Gasteiger partial charge on any atom is -0.493 e. The lowest BCUT2D eigenvalue weighted by molar-refractivity contribution is 0.0954. The predicted octanol–water partition coefficient (Wildman–Crippen LogP) is 5.85. The number of rotatable bonds is 9. The molecular formula is C24H22BrClN2O4. The molecule has 0 bridgehead atoms. The van der Waals surface area contributed by atoms with Crippen molar-refractivity contribution in [3.8, 4) is 17.2 Å². The highest BCUT2D eigenvalue weighted by Gasteiger charge is 2.11. The summed E-state index contributed by atoms with van der Waals surface area (Å²) in [6.07, 6.45) is 1.53. The maximum Gasteiger partial charge on any atom is 0.271 e. The number of carbonyl (C=O) groups excluding carboxylic acids is 1. The first-order chi connectivity index (χ1) is 15.5. The molecule has 32 heavy (non-hydrogen) atoms. The lowest BCUT2D eigenvalue weighted by Gasteiger charge is -2.11. The van der Waals surface area contributed by atoms with E-state index in [0.717, 1.165) is 10.0 Å². The molecule has 0 radical (unpaired) electrons. The molecule has 0 saturated carbocycles. The molecule has 0 saturated heterocycles. The Morgan fingerprint density at radius 1 is 1.03 bits per heavy atom. The maximum atomic E-state index is 12.5. The van der Waals surface area contributed by atoms with Crippen molar-refractivity contribution < 1.29 is 19.0 Å². The standard InChI is InChI=1S/C24H22BrClN2O4/c1-3-31-23-13-17(6-10-22(23)30-2)24(29)28-27-14-18-12-19(25)7-11-21(18)32-15-16-4-8-20(26)9-5-16/h4-14H,3,15H2,1-2H3,(H,28,29)/b27-14+. The number of hydrogen-bond donors (Lipinski definition) is 1.